The lowest BCUT2D eigenvalue weighted by Crippen LogP contribution is -2.15. The van der Waals surface area contributed by atoms with E-state index in [-0.39, 0.29) is 11.6 Å². The van der Waals surface area contributed by atoms with Crippen LogP contribution in [0.15, 0.2) is 17.1 Å². The Balaban J connectivity index is 3.07. The summed E-state index contributed by atoms with van der Waals surface area (Å²) >= 11 is 0. The molecule has 1 rings (SSSR count). The highest BCUT2D eigenvalue weighted by Crippen LogP contribution is 1.95. The van der Waals surface area contributed by atoms with Crippen molar-refractivity contribution in [3.05, 3.63) is 28.4 Å². The largest absolute Gasteiger partial charge is 0.322 e. The Kier molecular flexibility index (Phi) is 1.82. The van der Waals surface area contributed by atoms with Crippen molar-refractivity contribution in [1.82, 2.24) is 9.97 Å². The van der Waals surface area contributed by atoms with Gasteiger partial charge in [0.25, 0.3) is 5.56 Å². The highest BCUT2D eigenvalue weighted by atomic mass is 16.1. The van der Waals surface area contributed by atoms with Crippen LogP contribution in [-0.2, 0) is 0 Å². The molecule has 0 spiro atoms. The molecule has 10 heavy (non-hydrogen) atoms. The summed E-state index contributed by atoms with van der Waals surface area (Å²) in [5.74, 6) is 0.521. The summed E-state index contributed by atoms with van der Waals surface area (Å²) in [6.45, 7) is 1.76. The minimum atomic E-state index is -0.214. The summed E-state index contributed by atoms with van der Waals surface area (Å²) < 4.78 is 0. The number of hydrogen-bond acceptors (Lipinski definition) is 3. The maximum Gasteiger partial charge on any atom is 0.250 e. The third-order valence-corrected chi connectivity index (χ3v) is 1.12. The fourth-order valence-electron chi connectivity index (χ4n) is 0.617. The van der Waals surface area contributed by atoms with Crippen molar-refractivity contribution >= 4 is 0 Å². The molecule has 54 valence electrons. The SMILES string of the molecule is CC(N)c1nccc(=O)[nH]1. The minimum absolute atomic E-state index is 0.165. The molecule has 1 aromatic rings. The van der Waals surface area contributed by atoms with Gasteiger partial charge in [-0.05, 0) is 6.92 Å². The van der Waals surface area contributed by atoms with Gasteiger partial charge in [0, 0.05) is 12.3 Å². The number of aromatic nitrogens is 2. The molecule has 0 bridgehead atoms. The van der Waals surface area contributed by atoms with E-state index in [2.05, 4.69) is 9.97 Å². The highest BCUT2D eigenvalue weighted by Gasteiger charge is 1.98. The summed E-state index contributed by atoms with van der Waals surface area (Å²) in [4.78, 5) is 17.0. The summed E-state index contributed by atoms with van der Waals surface area (Å²) in [6, 6.07) is 1.14. The molecule has 1 aromatic heterocycles. The molecule has 4 heteroatoms. The van der Waals surface area contributed by atoms with Crippen LogP contribution in [0.2, 0.25) is 0 Å². The molecule has 0 aliphatic carbocycles. The van der Waals surface area contributed by atoms with E-state index in [1.54, 1.807) is 6.92 Å². The average Bonchev–Trinajstić information content (AvgIpc) is 1.88. The molecular weight excluding hydrogens is 130 g/mol. The number of hydrogen-bond donors (Lipinski definition) is 2. The molecule has 0 aromatic carbocycles. The van der Waals surface area contributed by atoms with Crippen LogP contribution in [0.25, 0.3) is 0 Å². The van der Waals surface area contributed by atoms with E-state index < -0.39 is 0 Å². The number of nitrogens with zero attached hydrogens (tertiary/aromatic N) is 1. The summed E-state index contributed by atoms with van der Waals surface area (Å²) in [5, 5.41) is 0. The van der Waals surface area contributed by atoms with Gasteiger partial charge in [-0.15, -0.1) is 0 Å². The summed E-state index contributed by atoms with van der Waals surface area (Å²) in [7, 11) is 0. The molecule has 0 aliphatic heterocycles. The molecule has 1 atom stereocenters. The molecule has 4 nitrogen and oxygen atoms in total. The lowest BCUT2D eigenvalue weighted by molar-refractivity contribution is 0.733. The van der Waals surface area contributed by atoms with E-state index in [0.717, 1.165) is 0 Å². The van der Waals surface area contributed by atoms with Crippen LogP contribution in [0.4, 0.5) is 0 Å². The zero-order chi connectivity index (χ0) is 7.56. The van der Waals surface area contributed by atoms with Gasteiger partial charge in [-0.2, -0.15) is 0 Å². The number of nitrogens with one attached hydrogen (secondary N) is 1. The van der Waals surface area contributed by atoms with Gasteiger partial charge in [0.1, 0.15) is 5.82 Å². The van der Waals surface area contributed by atoms with Crippen LogP contribution in [0, 0.1) is 0 Å². The van der Waals surface area contributed by atoms with Crippen LogP contribution in [0.5, 0.6) is 0 Å². The molecule has 3 N–H and O–H groups in total. The van der Waals surface area contributed by atoms with Crippen molar-refractivity contribution in [1.29, 1.82) is 0 Å². The number of H-pyrrole nitrogens is 1. The molecule has 0 saturated carbocycles. The quantitative estimate of drug-likeness (QED) is 0.565. The Morgan fingerprint density at radius 2 is 2.50 bits per heavy atom. The topological polar surface area (TPSA) is 71.8 Å². The monoisotopic (exact) mass is 139 g/mol. The van der Waals surface area contributed by atoms with Crippen molar-refractivity contribution in [2.24, 2.45) is 5.73 Å². The van der Waals surface area contributed by atoms with Gasteiger partial charge in [-0.3, -0.25) is 4.79 Å². The molecule has 0 amide bonds. The van der Waals surface area contributed by atoms with Crippen LogP contribution in [0.1, 0.15) is 18.8 Å². The fourth-order valence-corrected chi connectivity index (χ4v) is 0.617. The first-order valence-corrected chi connectivity index (χ1v) is 3.01. The lowest BCUT2D eigenvalue weighted by Gasteiger charge is -2.00. The Morgan fingerprint density at radius 3 is 2.90 bits per heavy atom. The highest BCUT2D eigenvalue weighted by molar-refractivity contribution is 4.92. The predicted octanol–water partition coefficient (Wildman–Crippen LogP) is -0.210. The number of nitrogens with two attached hydrogens (primary N) is 1. The van der Waals surface area contributed by atoms with Gasteiger partial charge >= 0.3 is 0 Å². The normalized spacial score (nSPS) is 13.0. The molecule has 0 radical (unpaired) electrons. The van der Waals surface area contributed by atoms with Gasteiger partial charge in [0.05, 0.1) is 6.04 Å². The van der Waals surface area contributed by atoms with Crippen molar-refractivity contribution < 1.29 is 0 Å². The zero-order valence-corrected chi connectivity index (χ0v) is 5.66. The average molecular weight is 139 g/mol. The van der Waals surface area contributed by atoms with E-state index in [1.807, 2.05) is 0 Å². The molecule has 1 heterocycles. The van der Waals surface area contributed by atoms with E-state index >= 15 is 0 Å². The second kappa shape index (κ2) is 2.62. The Morgan fingerprint density at radius 1 is 1.80 bits per heavy atom. The third-order valence-electron chi connectivity index (χ3n) is 1.12. The smallest absolute Gasteiger partial charge is 0.250 e. The molecule has 1 unspecified atom stereocenters. The van der Waals surface area contributed by atoms with E-state index in [1.165, 1.54) is 12.3 Å². The maximum atomic E-state index is 10.6. The van der Waals surface area contributed by atoms with E-state index in [0.29, 0.717) is 5.82 Å². The fraction of sp³-hybridized carbons (Fsp3) is 0.333. The Hall–Kier alpha value is -1.16. The first-order valence-electron chi connectivity index (χ1n) is 3.01. The first-order chi connectivity index (χ1) is 4.70. The second-order valence-corrected chi connectivity index (χ2v) is 2.11. The first kappa shape index (κ1) is 6.95. The van der Waals surface area contributed by atoms with Crippen molar-refractivity contribution in [2.75, 3.05) is 0 Å². The number of rotatable bonds is 1. The van der Waals surface area contributed by atoms with Gasteiger partial charge < -0.3 is 10.7 Å². The molecule has 0 saturated heterocycles. The standard InChI is InChI=1S/C6H9N3O/c1-4(7)6-8-3-2-5(10)9-6/h2-4H,7H2,1H3,(H,8,9,10). The minimum Gasteiger partial charge on any atom is -0.322 e. The molecular formula is C6H9N3O. The Bertz CT molecular complexity index is 266. The van der Waals surface area contributed by atoms with Crippen molar-refractivity contribution in [2.45, 2.75) is 13.0 Å². The predicted molar refractivity (Wildman–Crippen MR) is 37.5 cm³/mol. The molecule has 0 aliphatic rings. The van der Waals surface area contributed by atoms with E-state index in [9.17, 15) is 4.79 Å². The van der Waals surface area contributed by atoms with E-state index in [4.69, 9.17) is 5.73 Å². The van der Waals surface area contributed by atoms with Gasteiger partial charge in [0.15, 0.2) is 0 Å². The maximum absolute atomic E-state index is 10.6. The van der Waals surface area contributed by atoms with Crippen LogP contribution in [-0.4, -0.2) is 9.97 Å². The summed E-state index contributed by atoms with van der Waals surface area (Å²) in [5.41, 5.74) is 5.29. The van der Waals surface area contributed by atoms with Crippen LogP contribution in [0.3, 0.4) is 0 Å². The van der Waals surface area contributed by atoms with Gasteiger partial charge in [-0.25, -0.2) is 4.98 Å². The van der Waals surface area contributed by atoms with Crippen molar-refractivity contribution in [3.8, 4) is 0 Å². The molecule has 0 fully saturated rings. The number of aromatic amines is 1. The Labute approximate surface area is 58.1 Å². The zero-order valence-electron chi connectivity index (χ0n) is 5.66. The van der Waals surface area contributed by atoms with Crippen molar-refractivity contribution in [3.63, 3.8) is 0 Å². The second-order valence-electron chi connectivity index (χ2n) is 2.11. The lowest BCUT2D eigenvalue weighted by atomic mass is 10.3. The van der Waals surface area contributed by atoms with Gasteiger partial charge in [0.2, 0.25) is 0 Å². The van der Waals surface area contributed by atoms with Crippen LogP contribution < -0.4 is 11.3 Å². The summed E-state index contributed by atoms with van der Waals surface area (Å²) in [6.07, 6.45) is 1.44. The van der Waals surface area contributed by atoms with Crippen LogP contribution >= 0.6 is 0 Å². The third kappa shape index (κ3) is 1.41. The van der Waals surface area contributed by atoms with Gasteiger partial charge in [-0.1, -0.05) is 0 Å².